The van der Waals surface area contributed by atoms with Crippen molar-refractivity contribution in [3.05, 3.63) is 70.1 Å². The van der Waals surface area contributed by atoms with Crippen molar-refractivity contribution in [2.45, 2.75) is 32.6 Å². The highest BCUT2D eigenvalue weighted by Crippen LogP contribution is 2.38. The first-order chi connectivity index (χ1) is 14.5. The second-order valence-electron chi connectivity index (χ2n) is 8.15. The fourth-order valence-corrected chi connectivity index (χ4v) is 6.55. The highest BCUT2D eigenvalue weighted by molar-refractivity contribution is 7.97. The van der Waals surface area contributed by atoms with Gasteiger partial charge in [0.1, 0.15) is 4.91 Å². The molecule has 30 heavy (non-hydrogen) atoms. The van der Waals surface area contributed by atoms with Crippen molar-refractivity contribution in [2.75, 3.05) is 24.4 Å². The third-order valence-electron chi connectivity index (χ3n) is 6.13. The summed E-state index contributed by atoms with van der Waals surface area (Å²) in [5, 5.41) is 0. The first kappa shape index (κ1) is 19.8. The zero-order valence-corrected chi connectivity index (χ0v) is 18.7. The van der Waals surface area contributed by atoms with Crippen LogP contribution in [0.4, 0.5) is 5.69 Å². The number of sulfonamides is 1. The fourth-order valence-electron chi connectivity index (χ4n) is 4.60. The summed E-state index contributed by atoms with van der Waals surface area (Å²) in [5.41, 5.74) is 6.52. The molecule has 158 valence electrons. The molecule has 1 fully saturated rings. The Balaban J connectivity index is 1.37. The molecule has 0 atom stereocenters. The lowest BCUT2D eigenvalue weighted by Gasteiger charge is -2.21. The summed E-state index contributed by atoms with van der Waals surface area (Å²) < 4.78 is 33.8. The molecule has 5 rings (SSSR count). The highest BCUT2D eigenvalue weighted by atomic mass is 32.2. The van der Waals surface area contributed by atoms with E-state index in [2.05, 4.69) is 27.3 Å². The molecule has 1 saturated heterocycles. The highest BCUT2D eigenvalue weighted by Gasteiger charge is 2.30. The Kier molecular flexibility index (Phi) is 5.16. The smallest absolute Gasteiger partial charge is 0.264 e. The second kappa shape index (κ2) is 7.83. The molecule has 0 aromatic heterocycles. The van der Waals surface area contributed by atoms with Crippen molar-refractivity contribution in [1.29, 1.82) is 0 Å². The third-order valence-corrected chi connectivity index (χ3v) is 8.30. The second-order valence-corrected chi connectivity index (χ2v) is 10.6. The van der Waals surface area contributed by atoms with Crippen LogP contribution in [0.1, 0.15) is 37.3 Å². The minimum atomic E-state index is -3.69. The number of fused-ring (bicyclic) bond motifs is 2. The van der Waals surface area contributed by atoms with E-state index in [-0.39, 0.29) is 4.91 Å². The first-order valence-electron chi connectivity index (χ1n) is 10.4. The van der Waals surface area contributed by atoms with Crippen LogP contribution in [-0.2, 0) is 16.4 Å². The molecule has 2 N–H and O–H groups in total. The van der Waals surface area contributed by atoms with E-state index in [1.807, 2.05) is 18.3 Å². The predicted octanol–water partition coefficient (Wildman–Crippen LogP) is 3.96. The molecule has 4 aliphatic rings. The molecular weight excluding hydrogens is 416 g/mol. The Morgan fingerprint density at radius 3 is 2.90 bits per heavy atom. The van der Waals surface area contributed by atoms with Gasteiger partial charge in [0, 0.05) is 24.6 Å². The van der Waals surface area contributed by atoms with E-state index in [0.717, 1.165) is 19.4 Å². The lowest BCUT2D eigenvalue weighted by molar-refractivity contribution is 0.348. The maximum atomic E-state index is 13.1. The number of nitrogens with one attached hydrogen (secondary N) is 2. The molecule has 0 radical (unpaired) electrons. The molecule has 3 aliphatic heterocycles. The van der Waals surface area contributed by atoms with Crippen LogP contribution in [0.5, 0.6) is 0 Å². The van der Waals surface area contributed by atoms with Gasteiger partial charge in [-0.2, -0.15) is 0 Å². The Bertz CT molecular complexity index is 1100. The molecular formula is C22H26N4O2S2. The Labute approximate surface area is 182 Å². The van der Waals surface area contributed by atoms with E-state index in [1.165, 1.54) is 60.3 Å². The molecule has 6 nitrogen and oxygen atoms in total. The van der Waals surface area contributed by atoms with Crippen molar-refractivity contribution in [1.82, 2.24) is 13.9 Å². The zero-order valence-electron chi connectivity index (χ0n) is 17.0. The summed E-state index contributed by atoms with van der Waals surface area (Å²) in [4.78, 5) is 2.80. The summed E-state index contributed by atoms with van der Waals surface area (Å²) >= 11 is 1.35. The monoisotopic (exact) mass is 442 g/mol. The zero-order chi connectivity index (χ0) is 20.7. The van der Waals surface area contributed by atoms with Gasteiger partial charge in [0.25, 0.3) is 10.0 Å². The van der Waals surface area contributed by atoms with Gasteiger partial charge < -0.3 is 9.62 Å². The van der Waals surface area contributed by atoms with Gasteiger partial charge in [-0.1, -0.05) is 11.6 Å². The quantitative estimate of drug-likeness (QED) is 0.650. The molecule has 0 amide bonds. The van der Waals surface area contributed by atoms with Gasteiger partial charge in [-0.05, 0) is 86.7 Å². The van der Waals surface area contributed by atoms with Gasteiger partial charge in [0.15, 0.2) is 0 Å². The van der Waals surface area contributed by atoms with Gasteiger partial charge in [-0.3, -0.25) is 9.03 Å². The number of hydrogen-bond donors (Lipinski definition) is 2. The van der Waals surface area contributed by atoms with E-state index < -0.39 is 10.0 Å². The number of benzene rings is 1. The summed E-state index contributed by atoms with van der Waals surface area (Å²) in [5.74, 6) is 0. The fraction of sp³-hybridized carbons (Fsp3) is 0.364. The maximum Gasteiger partial charge on any atom is 0.264 e. The molecule has 0 spiro atoms. The van der Waals surface area contributed by atoms with Crippen molar-refractivity contribution < 1.29 is 8.42 Å². The topological polar surface area (TPSA) is 64.7 Å². The van der Waals surface area contributed by atoms with E-state index in [4.69, 9.17) is 0 Å². The largest absolute Gasteiger partial charge is 0.316 e. The Morgan fingerprint density at radius 1 is 1.23 bits per heavy atom. The lowest BCUT2D eigenvalue weighted by atomic mass is 10.0. The van der Waals surface area contributed by atoms with Gasteiger partial charge in [-0.15, -0.1) is 0 Å². The number of allylic oxidation sites excluding steroid dienone is 3. The van der Waals surface area contributed by atoms with Gasteiger partial charge in [0.05, 0.1) is 17.8 Å². The van der Waals surface area contributed by atoms with Crippen molar-refractivity contribution in [2.24, 2.45) is 0 Å². The average Bonchev–Trinajstić information content (AvgIpc) is 3.45. The van der Waals surface area contributed by atoms with Crippen LogP contribution in [0.2, 0.25) is 0 Å². The first-order valence-corrected chi connectivity index (χ1v) is 12.6. The standard InChI is InChI=1S/C22H26N4O2S2/c1-16-13-17-6-7-18(14-20(17)19(16)8-12-25-9-2-3-10-25)24-30(27,28)22-5-4-11-26-21(22)15-23-29-26/h4-7,11,14-15,23-24H,2-3,8-10,12-13H2,1H3. The lowest BCUT2D eigenvalue weighted by Crippen LogP contribution is -2.21. The van der Waals surface area contributed by atoms with Crippen LogP contribution >= 0.6 is 12.1 Å². The average molecular weight is 443 g/mol. The molecule has 1 aromatic rings. The van der Waals surface area contributed by atoms with E-state index in [0.29, 0.717) is 11.4 Å². The van der Waals surface area contributed by atoms with Gasteiger partial charge >= 0.3 is 0 Å². The molecule has 1 aliphatic carbocycles. The van der Waals surface area contributed by atoms with Gasteiger partial charge in [0.2, 0.25) is 0 Å². The van der Waals surface area contributed by atoms with Crippen molar-refractivity contribution in [3.63, 3.8) is 0 Å². The third kappa shape index (κ3) is 3.68. The van der Waals surface area contributed by atoms with Crippen LogP contribution < -0.4 is 9.44 Å². The van der Waals surface area contributed by atoms with Crippen LogP contribution in [0, 0.1) is 0 Å². The number of anilines is 1. The molecule has 8 heteroatoms. The summed E-state index contributed by atoms with van der Waals surface area (Å²) in [6.45, 7) is 5.68. The Hall–Kier alpha value is -2.16. The van der Waals surface area contributed by atoms with Gasteiger partial charge in [-0.25, -0.2) is 8.42 Å². The summed E-state index contributed by atoms with van der Waals surface area (Å²) in [7, 11) is -3.69. The van der Waals surface area contributed by atoms with Crippen molar-refractivity contribution >= 4 is 33.4 Å². The minimum Gasteiger partial charge on any atom is -0.316 e. The summed E-state index contributed by atoms with van der Waals surface area (Å²) in [6, 6.07) is 5.95. The van der Waals surface area contributed by atoms with Crippen LogP contribution in [-0.4, -0.2) is 37.3 Å². The van der Waals surface area contributed by atoms with E-state index >= 15 is 0 Å². The number of hydrogen-bond acceptors (Lipinski definition) is 6. The minimum absolute atomic E-state index is 0.268. The number of rotatable bonds is 6. The summed E-state index contributed by atoms with van der Waals surface area (Å²) in [6.07, 6.45) is 11.5. The number of likely N-dealkylation sites (tertiary alicyclic amines) is 1. The van der Waals surface area contributed by atoms with Crippen LogP contribution in [0.15, 0.2) is 58.9 Å². The molecule has 0 bridgehead atoms. The Morgan fingerprint density at radius 2 is 2.07 bits per heavy atom. The van der Waals surface area contributed by atoms with E-state index in [9.17, 15) is 8.42 Å². The van der Waals surface area contributed by atoms with Crippen molar-refractivity contribution in [3.8, 4) is 0 Å². The van der Waals surface area contributed by atoms with E-state index in [1.54, 1.807) is 22.7 Å². The molecule has 0 saturated carbocycles. The molecule has 1 aromatic carbocycles. The molecule has 3 heterocycles. The molecule has 0 unspecified atom stereocenters. The van der Waals surface area contributed by atoms with Crippen LogP contribution in [0.25, 0.3) is 5.57 Å². The SMILES string of the molecule is CC1=C(CCN2CCCC2)c2cc(NS(=O)(=O)C3=CC=CN4SNC=C34)ccc2C1. The number of nitrogens with zero attached hydrogens (tertiary/aromatic N) is 2. The maximum absolute atomic E-state index is 13.1. The predicted molar refractivity (Wildman–Crippen MR) is 123 cm³/mol. The normalized spacial score (nSPS) is 20.8. The van der Waals surface area contributed by atoms with Crippen LogP contribution in [0.3, 0.4) is 0 Å².